The van der Waals surface area contributed by atoms with Gasteiger partial charge >= 0.3 is 0 Å². The minimum Gasteiger partial charge on any atom is -0.456 e. The highest BCUT2D eigenvalue weighted by molar-refractivity contribution is 6.55. The number of rotatable bonds is 5. The molecule has 2 aliphatic carbocycles. The van der Waals surface area contributed by atoms with Crippen molar-refractivity contribution in [3.63, 3.8) is 0 Å². The van der Waals surface area contributed by atoms with Gasteiger partial charge in [-0.05, 0) is 81.1 Å². The Balaban J connectivity index is 1.09. The maximum absolute atomic E-state index is 9.34. The average Bonchev–Trinajstić information content (AvgIpc) is 3.75. The molecule has 9 aromatic rings. The predicted octanol–water partition coefficient (Wildman–Crippen LogP) is 12.1. The van der Waals surface area contributed by atoms with Gasteiger partial charge in [-0.3, -0.25) is 10.8 Å². The zero-order chi connectivity index (χ0) is 38.3. The second kappa shape index (κ2) is 12.5. The molecule has 0 saturated carbocycles. The number of hydrazone groups is 1. The molecule has 7 aromatic carbocycles. The Morgan fingerprint density at radius 2 is 1.26 bits per heavy atom. The summed E-state index contributed by atoms with van der Waals surface area (Å²) in [5.74, 6) is 1.68. The Labute approximate surface area is 328 Å². The number of hydrogen-bond acceptors (Lipinski definition) is 7. The summed E-state index contributed by atoms with van der Waals surface area (Å²) in [5.41, 5.74) is 15.7. The van der Waals surface area contributed by atoms with Crippen LogP contribution in [0.15, 0.2) is 161 Å². The van der Waals surface area contributed by atoms with Crippen LogP contribution in [0, 0.1) is 5.41 Å². The predicted molar refractivity (Wildman–Crippen MR) is 232 cm³/mol. The van der Waals surface area contributed by atoms with Crippen LogP contribution in [0.2, 0.25) is 0 Å². The van der Waals surface area contributed by atoms with Crippen LogP contribution in [0.1, 0.15) is 36.1 Å². The molecule has 7 heteroatoms. The van der Waals surface area contributed by atoms with Crippen molar-refractivity contribution in [3.05, 3.63) is 174 Å². The van der Waals surface area contributed by atoms with Crippen LogP contribution in [0.4, 0.5) is 5.69 Å². The lowest BCUT2D eigenvalue weighted by Crippen LogP contribution is -2.18. The third kappa shape index (κ3) is 5.24. The van der Waals surface area contributed by atoms with Gasteiger partial charge in [-0.1, -0.05) is 129 Å². The Morgan fingerprint density at radius 1 is 0.579 bits per heavy atom. The molecule has 7 nitrogen and oxygen atoms in total. The minimum atomic E-state index is -0.183. The Morgan fingerprint density at radius 3 is 2.14 bits per heavy atom. The number of nitrogens with zero attached hydrogens (tertiary/aromatic N) is 4. The van der Waals surface area contributed by atoms with Gasteiger partial charge in [0.1, 0.15) is 16.9 Å². The summed E-state index contributed by atoms with van der Waals surface area (Å²) in [5, 5.41) is 17.9. The fourth-order valence-corrected chi connectivity index (χ4v) is 8.56. The largest absolute Gasteiger partial charge is 0.456 e. The Hall–Kier alpha value is -7.51. The van der Waals surface area contributed by atoms with E-state index in [-0.39, 0.29) is 5.41 Å². The van der Waals surface area contributed by atoms with Crippen LogP contribution in [0.3, 0.4) is 0 Å². The minimum absolute atomic E-state index is 0.183. The molecule has 2 aliphatic rings. The highest BCUT2D eigenvalue weighted by Gasteiger charge is 2.35. The molecule has 0 bridgehead atoms. The molecule has 0 spiro atoms. The topological polar surface area (TPSA) is 100 Å². The van der Waals surface area contributed by atoms with Gasteiger partial charge in [0.25, 0.3) is 0 Å². The van der Waals surface area contributed by atoms with Crippen molar-refractivity contribution in [1.82, 2.24) is 15.0 Å². The van der Waals surface area contributed by atoms with Crippen LogP contribution in [-0.2, 0) is 5.41 Å². The third-order valence-electron chi connectivity index (χ3n) is 11.4. The number of furan rings is 1. The summed E-state index contributed by atoms with van der Waals surface area (Å²) < 4.78 is 6.30. The second-order valence-electron chi connectivity index (χ2n) is 15.2. The second-order valence-corrected chi connectivity index (χ2v) is 15.2. The monoisotopic (exact) mass is 734 g/mol. The molecule has 2 N–H and O–H groups in total. The number of benzene rings is 7. The molecule has 2 heterocycles. The van der Waals surface area contributed by atoms with Crippen LogP contribution < -0.4 is 5.43 Å². The van der Waals surface area contributed by atoms with E-state index in [4.69, 9.17) is 19.4 Å². The lowest BCUT2D eigenvalue weighted by atomic mass is 9.82. The average molecular weight is 735 g/mol. The van der Waals surface area contributed by atoms with E-state index in [0.717, 1.165) is 66.2 Å². The SMILES string of the molecule is CC1(C)c2ccccc2-c2ccc(-c3nc(-c4ccc5ccc6c(c5c4)C(=N)/C(=N\Nc4ccccc4)C=C6)nc(-c4cccc5oc6ccccc6c45)n3)cc21. The van der Waals surface area contributed by atoms with Crippen molar-refractivity contribution in [2.75, 3.05) is 5.43 Å². The first-order chi connectivity index (χ1) is 27.9. The quantitative estimate of drug-likeness (QED) is 0.171. The van der Waals surface area contributed by atoms with Crippen LogP contribution in [-0.4, -0.2) is 26.4 Å². The van der Waals surface area contributed by atoms with E-state index in [0.29, 0.717) is 28.9 Å². The number of nitrogens with one attached hydrogen (secondary N) is 2. The van der Waals surface area contributed by atoms with Gasteiger partial charge in [-0.15, -0.1) is 0 Å². The summed E-state index contributed by atoms with van der Waals surface area (Å²) in [6.45, 7) is 4.57. The van der Waals surface area contributed by atoms with E-state index in [2.05, 4.69) is 109 Å². The molecule has 270 valence electrons. The maximum Gasteiger partial charge on any atom is 0.164 e. The normalized spacial score (nSPS) is 14.6. The zero-order valence-electron chi connectivity index (χ0n) is 31.2. The van der Waals surface area contributed by atoms with Crippen molar-refractivity contribution in [2.24, 2.45) is 5.10 Å². The van der Waals surface area contributed by atoms with E-state index < -0.39 is 0 Å². The van der Waals surface area contributed by atoms with Gasteiger partial charge in [0.2, 0.25) is 0 Å². The molecule has 57 heavy (non-hydrogen) atoms. The van der Waals surface area contributed by atoms with Gasteiger partial charge in [-0.2, -0.15) is 5.10 Å². The fraction of sp³-hybridized carbons (Fsp3) is 0.0600. The molecule has 0 fully saturated rings. The first-order valence-electron chi connectivity index (χ1n) is 19.1. The number of fused-ring (bicyclic) bond motifs is 9. The van der Waals surface area contributed by atoms with E-state index in [1.54, 1.807) is 0 Å². The van der Waals surface area contributed by atoms with Crippen molar-refractivity contribution in [2.45, 2.75) is 19.3 Å². The van der Waals surface area contributed by atoms with Gasteiger partial charge in [0.15, 0.2) is 17.5 Å². The molecule has 0 unspecified atom stereocenters. The summed E-state index contributed by atoms with van der Waals surface area (Å²) in [6.07, 6.45) is 3.91. The number of para-hydroxylation sites is 2. The van der Waals surface area contributed by atoms with Gasteiger partial charge < -0.3 is 4.42 Å². The first kappa shape index (κ1) is 32.9. The number of hydrogen-bond donors (Lipinski definition) is 2. The van der Waals surface area contributed by atoms with Crippen LogP contribution in [0.5, 0.6) is 0 Å². The van der Waals surface area contributed by atoms with Gasteiger partial charge in [0, 0.05) is 38.4 Å². The molecule has 0 radical (unpaired) electrons. The molecule has 2 aromatic heterocycles. The van der Waals surface area contributed by atoms with Crippen LogP contribution >= 0.6 is 0 Å². The smallest absolute Gasteiger partial charge is 0.164 e. The first-order valence-corrected chi connectivity index (χ1v) is 19.1. The van der Waals surface area contributed by atoms with Crippen LogP contribution in [0.25, 0.3) is 84.1 Å². The Kier molecular flexibility index (Phi) is 7.22. The Bertz CT molecular complexity index is 3210. The molecule has 0 aliphatic heterocycles. The van der Waals surface area contributed by atoms with E-state index in [1.807, 2.05) is 72.8 Å². The molecular formula is C50H34N6O. The van der Waals surface area contributed by atoms with Gasteiger partial charge in [-0.25, -0.2) is 15.0 Å². The van der Waals surface area contributed by atoms with Crippen molar-refractivity contribution in [1.29, 1.82) is 5.41 Å². The molecule has 11 rings (SSSR count). The standard InChI is InChI=1S/C50H34N6O/c1-50(2)39-16-8-6-13-34(39)35-25-23-32(28-40(35)50)48-52-47(53-49(54-48)37-15-10-18-43-45(37)36-14-7-9-17-42(36)57-43)31-22-20-29-19-21-30-24-26-41(46(51)44(30)38(29)27-31)56-55-33-11-4-3-5-12-33/h3-28,51,55H,1-2H3/b51-46?,56-41-. The zero-order valence-corrected chi connectivity index (χ0v) is 31.2. The summed E-state index contributed by atoms with van der Waals surface area (Å²) in [7, 11) is 0. The van der Waals surface area contributed by atoms with Crippen molar-refractivity contribution in [3.8, 4) is 45.3 Å². The maximum atomic E-state index is 9.34. The van der Waals surface area contributed by atoms with E-state index >= 15 is 0 Å². The fourth-order valence-electron chi connectivity index (χ4n) is 8.56. The molecular weight excluding hydrogens is 701 g/mol. The number of anilines is 1. The number of allylic oxidation sites excluding steroid dienone is 1. The highest BCUT2D eigenvalue weighted by atomic mass is 16.3. The number of aromatic nitrogens is 3. The van der Waals surface area contributed by atoms with Gasteiger partial charge in [0.05, 0.1) is 11.4 Å². The van der Waals surface area contributed by atoms with E-state index in [1.165, 1.54) is 22.3 Å². The third-order valence-corrected chi connectivity index (χ3v) is 11.4. The lowest BCUT2D eigenvalue weighted by molar-refractivity contribution is 0.660. The van der Waals surface area contributed by atoms with Crippen molar-refractivity contribution >= 4 is 55.9 Å². The molecule has 0 amide bonds. The summed E-state index contributed by atoms with van der Waals surface area (Å²) >= 11 is 0. The molecule has 0 saturated heterocycles. The van der Waals surface area contributed by atoms with E-state index in [9.17, 15) is 5.41 Å². The molecule has 0 atom stereocenters. The highest BCUT2D eigenvalue weighted by Crippen LogP contribution is 2.49. The summed E-state index contributed by atoms with van der Waals surface area (Å²) in [6, 6.07) is 49.5. The lowest BCUT2D eigenvalue weighted by Gasteiger charge is -2.21. The summed E-state index contributed by atoms with van der Waals surface area (Å²) in [4.78, 5) is 15.7. The van der Waals surface area contributed by atoms with Crippen molar-refractivity contribution < 1.29 is 4.42 Å².